The topological polar surface area (TPSA) is 77.8 Å². The Labute approximate surface area is 173 Å². The molecule has 3 heterocycles. The minimum atomic E-state index is 0.491. The van der Waals surface area contributed by atoms with E-state index in [9.17, 15) is 0 Å². The fourth-order valence-corrected chi connectivity index (χ4v) is 3.83. The average molecular weight is 399 g/mol. The van der Waals surface area contributed by atoms with E-state index in [-0.39, 0.29) is 0 Å². The van der Waals surface area contributed by atoms with Crippen molar-refractivity contribution < 1.29 is 9.47 Å². The first-order valence-electron chi connectivity index (χ1n) is 9.62. The van der Waals surface area contributed by atoms with E-state index >= 15 is 0 Å². The molecule has 7 nitrogen and oxygen atoms in total. The van der Waals surface area contributed by atoms with Gasteiger partial charge in [0, 0.05) is 12.1 Å². The van der Waals surface area contributed by atoms with Gasteiger partial charge in [-0.3, -0.25) is 4.57 Å². The highest BCUT2D eigenvalue weighted by Crippen LogP contribution is 2.30. The van der Waals surface area contributed by atoms with E-state index in [0.29, 0.717) is 11.8 Å². The van der Waals surface area contributed by atoms with Crippen molar-refractivity contribution in [3.8, 4) is 28.6 Å². The third-order valence-corrected chi connectivity index (χ3v) is 5.20. The molecule has 0 aliphatic carbocycles. The minimum Gasteiger partial charge on any atom is -0.481 e. The van der Waals surface area contributed by atoms with Crippen LogP contribution >= 0.6 is 0 Å². The average Bonchev–Trinajstić information content (AvgIpc) is 3.29. The lowest BCUT2D eigenvalue weighted by Crippen LogP contribution is -2.00. The number of methoxy groups -OCH3 is 2. The first-order valence-corrected chi connectivity index (χ1v) is 9.62. The van der Waals surface area contributed by atoms with Crippen LogP contribution in [0.25, 0.3) is 38.9 Å². The van der Waals surface area contributed by atoms with Crippen molar-refractivity contribution in [2.24, 2.45) is 0 Å². The molecule has 7 heteroatoms. The molecule has 0 radical (unpaired) electrons. The van der Waals surface area contributed by atoms with E-state index < -0.39 is 0 Å². The van der Waals surface area contributed by atoms with Gasteiger partial charge in [0.15, 0.2) is 0 Å². The van der Waals surface area contributed by atoms with Gasteiger partial charge in [-0.2, -0.15) is 4.98 Å². The van der Waals surface area contributed by atoms with E-state index in [4.69, 9.17) is 14.5 Å². The van der Waals surface area contributed by atoms with Crippen molar-refractivity contribution in [2.75, 3.05) is 14.2 Å². The molecular weight excluding hydrogens is 378 g/mol. The Kier molecular flexibility index (Phi) is 4.17. The van der Waals surface area contributed by atoms with Crippen LogP contribution < -0.4 is 9.47 Å². The van der Waals surface area contributed by atoms with Crippen molar-refractivity contribution in [1.82, 2.24) is 24.5 Å². The molecule has 0 saturated carbocycles. The molecule has 0 aliphatic heterocycles. The number of aromatic nitrogens is 5. The fraction of sp³-hybridized carbons (Fsp3) is 0.174. The molecule has 0 bridgehead atoms. The second kappa shape index (κ2) is 6.88. The molecule has 5 rings (SSSR count). The second-order valence-corrected chi connectivity index (χ2v) is 7.16. The lowest BCUT2D eigenvalue weighted by molar-refractivity contribution is 0.364. The largest absolute Gasteiger partial charge is 0.481 e. The maximum Gasteiger partial charge on any atom is 0.218 e. The first-order chi connectivity index (χ1) is 14.6. The van der Waals surface area contributed by atoms with Gasteiger partial charge in [0.1, 0.15) is 11.6 Å². The van der Waals surface area contributed by atoms with Crippen molar-refractivity contribution in [3.05, 3.63) is 60.2 Å². The van der Waals surface area contributed by atoms with E-state index in [1.807, 2.05) is 32.0 Å². The van der Waals surface area contributed by atoms with Gasteiger partial charge in [-0.05, 0) is 49.2 Å². The number of hydrogen-bond donors (Lipinski definition) is 1. The molecular formula is C23H21N5O2. The Bertz CT molecular complexity index is 1380. The summed E-state index contributed by atoms with van der Waals surface area (Å²) in [4.78, 5) is 16.9. The summed E-state index contributed by atoms with van der Waals surface area (Å²) < 4.78 is 12.7. The molecule has 0 aliphatic rings. The molecule has 5 aromatic rings. The number of aryl methyl sites for hydroxylation is 2. The smallest absolute Gasteiger partial charge is 0.218 e. The Hall–Kier alpha value is -3.87. The minimum absolute atomic E-state index is 0.491. The Morgan fingerprint density at radius 1 is 0.767 bits per heavy atom. The third kappa shape index (κ3) is 2.95. The second-order valence-electron chi connectivity index (χ2n) is 7.16. The van der Waals surface area contributed by atoms with Gasteiger partial charge in [0.2, 0.25) is 11.8 Å². The van der Waals surface area contributed by atoms with Crippen molar-refractivity contribution in [2.45, 2.75) is 13.8 Å². The number of imidazole rings is 2. The number of H-pyrrole nitrogens is 1. The lowest BCUT2D eigenvalue weighted by atomic mass is 10.0. The van der Waals surface area contributed by atoms with Crippen LogP contribution in [0.1, 0.15) is 11.6 Å². The molecule has 0 saturated heterocycles. The summed E-state index contributed by atoms with van der Waals surface area (Å²) in [7, 11) is 3.18. The molecule has 0 unspecified atom stereocenters. The van der Waals surface area contributed by atoms with Gasteiger partial charge in [-0.25, -0.2) is 9.97 Å². The summed E-state index contributed by atoms with van der Waals surface area (Å²) in [6.07, 6.45) is 0. The molecule has 2 aromatic carbocycles. The van der Waals surface area contributed by atoms with Crippen LogP contribution in [-0.2, 0) is 0 Å². The summed E-state index contributed by atoms with van der Waals surface area (Å²) in [5, 5.41) is 0. The summed E-state index contributed by atoms with van der Waals surface area (Å²) >= 11 is 0. The number of pyridine rings is 1. The molecule has 1 N–H and O–H groups in total. The van der Waals surface area contributed by atoms with Crippen molar-refractivity contribution in [1.29, 1.82) is 0 Å². The maximum atomic E-state index is 5.33. The highest BCUT2D eigenvalue weighted by atomic mass is 16.5. The molecule has 0 fully saturated rings. The van der Waals surface area contributed by atoms with Gasteiger partial charge in [-0.1, -0.05) is 12.1 Å². The normalized spacial score (nSPS) is 11.3. The van der Waals surface area contributed by atoms with E-state index in [0.717, 1.165) is 50.5 Å². The first kappa shape index (κ1) is 18.2. The lowest BCUT2D eigenvalue weighted by Gasteiger charge is -2.11. The van der Waals surface area contributed by atoms with Gasteiger partial charge >= 0.3 is 0 Å². The van der Waals surface area contributed by atoms with Crippen molar-refractivity contribution in [3.63, 3.8) is 0 Å². The number of aromatic amines is 1. The van der Waals surface area contributed by atoms with E-state index in [1.165, 1.54) is 0 Å². The molecule has 0 atom stereocenters. The van der Waals surface area contributed by atoms with Crippen LogP contribution in [0.2, 0.25) is 0 Å². The van der Waals surface area contributed by atoms with E-state index in [2.05, 4.69) is 49.9 Å². The highest BCUT2D eigenvalue weighted by molar-refractivity contribution is 5.87. The van der Waals surface area contributed by atoms with Gasteiger partial charge in [0.05, 0.1) is 42.0 Å². The molecule has 150 valence electrons. The van der Waals surface area contributed by atoms with Crippen LogP contribution in [0.3, 0.4) is 0 Å². The zero-order valence-electron chi connectivity index (χ0n) is 17.2. The summed E-state index contributed by atoms with van der Waals surface area (Å²) in [6, 6.07) is 16.3. The standard InChI is InChI=1S/C23H21N5O2/c1-13-24-18-7-5-15(9-19(18)25-13)16-6-8-21-20(10-16)26-14(2)28(21)17-11-22(29-3)27-23(12-17)30-4/h5-12H,1-4H3,(H,24,25). The summed E-state index contributed by atoms with van der Waals surface area (Å²) in [5.74, 6) is 2.77. The third-order valence-electron chi connectivity index (χ3n) is 5.20. The predicted molar refractivity (Wildman–Crippen MR) is 117 cm³/mol. The van der Waals surface area contributed by atoms with Crippen LogP contribution in [0, 0.1) is 13.8 Å². The number of nitrogens with zero attached hydrogens (tertiary/aromatic N) is 4. The van der Waals surface area contributed by atoms with Crippen LogP contribution in [0.15, 0.2) is 48.5 Å². The highest BCUT2D eigenvalue weighted by Gasteiger charge is 2.14. The number of rotatable bonds is 4. The number of hydrogen-bond acceptors (Lipinski definition) is 5. The fourth-order valence-electron chi connectivity index (χ4n) is 3.83. The van der Waals surface area contributed by atoms with Crippen LogP contribution in [0.5, 0.6) is 11.8 Å². The monoisotopic (exact) mass is 399 g/mol. The zero-order valence-corrected chi connectivity index (χ0v) is 17.2. The number of benzene rings is 2. The molecule has 3 aromatic heterocycles. The quantitative estimate of drug-likeness (QED) is 0.478. The molecule has 30 heavy (non-hydrogen) atoms. The Balaban J connectivity index is 1.63. The van der Waals surface area contributed by atoms with Crippen LogP contribution in [-0.4, -0.2) is 38.7 Å². The zero-order chi connectivity index (χ0) is 20.8. The van der Waals surface area contributed by atoms with Crippen LogP contribution in [0.4, 0.5) is 0 Å². The molecule has 0 amide bonds. The number of ether oxygens (including phenoxy) is 2. The van der Waals surface area contributed by atoms with Gasteiger partial charge < -0.3 is 14.5 Å². The van der Waals surface area contributed by atoms with Crippen molar-refractivity contribution >= 4 is 22.1 Å². The maximum absolute atomic E-state index is 5.33. The Morgan fingerprint density at radius 3 is 2.20 bits per heavy atom. The van der Waals surface area contributed by atoms with Gasteiger partial charge in [-0.15, -0.1) is 0 Å². The number of fused-ring (bicyclic) bond motifs is 2. The Morgan fingerprint density at radius 2 is 1.47 bits per heavy atom. The predicted octanol–water partition coefficient (Wildman–Crippen LogP) is 4.60. The SMILES string of the molecule is COc1cc(-n2c(C)nc3cc(-c4ccc5nc(C)[nH]c5c4)ccc32)cc(OC)n1. The molecule has 0 spiro atoms. The summed E-state index contributed by atoms with van der Waals surface area (Å²) in [6.45, 7) is 3.95. The number of nitrogens with one attached hydrogen (secondary N) is 1. The van der Waals surface area contributed by atoms with Gasteiger partial charge in [0.25, 0.3) is 0 Å². The summed E-state index contributed by atoms with van der Waals surface area (Å²) in [5.41, 5.74) is 7.03. The van der Waals surface area contributed by atoms with E-state index in [1.54, 1.807) is 14.2 Å².